The largest absolute Gasteiger partial charge is 0.497 e. The molecule has 0 amide bonds. The Kier molecular flexibility index (Phi) is 3.32. The Balaban J connectivity index is 1.69. The van der Waals surface area contributed by atoms with Crippen LogP contribution in [0.1, 0.15) is 56.1 Å². The van der Waals surface area contributed by atoms with E-state index in [1.807, 2.05) is 0 Å². The van der Waals surface area contributed by atoms with Crippen molar-refractivity contribution < 1.29 is 9.13 Å². The van der Waals surface area contributed by atoms with E-state index in [1.165, 1.54) is 30.4 Å². The lowest BCUT2D eigenvalue weighted by molar-refractivity contribution is 0.0807. The van der Waals surface area contributed by atoms with Crippen molar-refractivity contribution in [1.29, 1.82) is 0 Å². The molecule has 118 valence electrons. The highest BCUT2D eigenvalue weighted by molar-refractivity contribution is 5.41. The van der Waals surface area contributed by atoms with Crippen molar-refractivity contribution in [1.82, 2.24) is 0 Å². The number of hydrogen-bond donors (Lipinski definition) is 0. The summed E-state index contributed by atoms with van der Waals surface area (Å²) in [5, 5.41) is 0. The van der Waals surface area contributed by atoms with Crippen molar-refractivity contribution in [3.63, 3.8) is 0 Å². The maximum absolute atomic E-state index is 13.3. The molecule has 0 bridgehead atoms. The second-order valence-corrected chi connectivity index (χ2v) is 7.61. The van der Waals surface area contributed by atoms with Gasteiger partial charge in [-0.2, -0.15) is 0 Å². The van der Waals surface area contributed by atoms with E-state index in [-0.39, 0.29) is 5.41 Å². The first-order valence-corrected chi connectivity index (χ1v) is 8.64. The number of rotatable bonds is 1. The van der Waals surface area contributed by atoms with Gasteiger partial charge in [-0.3, -0.25) is 0 Å². The summed E-state index contributed by atoms with van der Waals surface area (Å²) in [5.74, 6) is 3.05. The maximum Gasteiger partial charge on any atom is 0.119 e. The summed E-state index contributed by atoms with van der Waals surface area (Å²) in [5.41, 5.74) is 4.22. The van der Waals surface area contributed by atoms with Crippen LogP contribution in [0.5, 0.6) is 5.75 Å². The fraction of sp³-hybridized carbons (Fsp3) is 0.600. The third kappa shape index (κ3) is 1.89. The van der Waals surface area contributed by atoms with Gasteiger partial charge in [0.1, 0.15) is 5.75 Å². The number of halogens is 1. The monoisotopic (exact) mass is 300 g/mol. The molecule has 4 atom stereocenters. The van der Waals surface area contributed by atoms with Crippen LogP contribution in [0.25, 0.3) is 0 Å². The number of fused-ring (bicyclic) bond motifs is 5. The normalized spacial score (nSPS) is 38.3. The second kappa shape index (κ2) is 5.11. The molecule has 3 aliphatic carbocycles. The Labute approximate surface area is 132 Å². The summed E-state index contributed by atoms with van der Waals surface area (Å²) < 4.78 is 18.7. The van der Waals surface area contributed by atoms with Crippen LogP contribution in [0.4, 0.5) is 4.39 Å². The van der Waals surface area contributed by atoms with Crippen molar-refractivity contribution >= 4 is 0 Å². The molecule has 0 unspecified atom stereocenters. The van der Waals surface area contributed by atoms with E-state index in [9.17, 15) is 4.39 Å². The summed E-state index contributed by atoms with van der Waals surface area (Å²) in [6, 6.07) is 6.62. The Morgan fingerprint density at radius 2 is 2.09 bits per heavy atom. The van der Waals surface area contributed by atoms with Gasteiger partial charge in [-0.15, -0.1) is 0 Å². The minimum Gasteiger partial charge on any atom is -0.497 e. The minimum absolute atomic E-state index is 0.125. The molecular formula is C20H25FO. The molecule has 2 fully saturated rings. The third-order valence-electron chi connectivity index (χ3n) is 6.91. The molecule has 2 saturated carbocycles. The number of methoxy groups -OCH3 is 1. The van der Waals surface area contributed by atoms with Gasteiger partial charge < -0.3 is 4.74 Å². The molecule has 0 aromatic heterocycles. The minimum atomic E-state index is 0.125. The number of allylic oxidation sites excluding steroid dienone is 1. The molecule has 1 aromatic rings. The highest BCUT2D eigenvalue weighted by atomic mass is 19.1. The van der Waals surface area contributed by atoms with E-state index < -0.39 is 0 Å². The molecular weight excluding hydrogens is 275 g/mol. The van der Waals surface area contributed by atoms with E-state index in [4.69, 9.17) is 4.74 Å². The lowest BCUT2D eigenvalue weighted by Gasteiger charge is -2.49. The summed E-state index contributed by atoms with van der Waals surface area (Å²) in [6.07, 6.45) is 7.81. The fourth-order valence-corrected chi connectivity index (χ4v) is 5.71. The van der Waals surface area contributed by atoms with Crippen molar-refractivity contribution in [3.8, 4) is 5.75 Å². The van der Waals surface area contributed by atoms with Gasteiger partial charge in [0.05, 0.1) is 13.4 Å². The smallest absolute Gasteiger partial charge is 0.119 e. The molecule has 22 heavy (non-hydrogen) atoms. The van der Waals surface area contributed by atoms with Crippen LogP contribution < -0.4 is 4.74 Å². The van der Waals surface area contributed by atoms with Gasteiger partial charge in [-0.05, 0) is 90.5 Å². The van der Waals surface area contributed by atoms with Gasteiger partial charge in [0.25, 0.3) is 0 Å². The van der Waals surface area contributed by atoms with Crippen molar-refractivity contribution in [2.24, 2.45) is 17.3 Å². The van der Waals surface area contributed by atoms with Crippen LogP contribution in [0.2, 0.25) is 0 Å². The van der Waals surface area contributed by atoms with Crippen LogP contribution in [0.15, 0.2) is 30.1 Å². The first kappa shape index (κ1) is 14.3. The molecule has 0 spiro atoms. The van der Waals surface area contributed by atoms with E-state index in [0.717, 1.165) is 42.8 Å². The SMILES string of the molecule is COc1ccc2c(c1)CC[C@@H]1[C@@H]2CC[C@]2(C)C(=CF)CC[C@@H]12. The summed E-state index contributed by atoms with van der Waals surface area (Å²) in [4.78, 5) is 0. The molecule has 0 N–H and O–H groups in total. The Morgan fingerprint density at radius 1 is 1.23 bits per heavy atom. The third-order valence-corrected chi connectivity index (χ3v) is 6.91. The molecule has 1 nitrogen and oxygen atoms in total. The molecule has 1 aromatic carbocycles. The van der Waals surface area contributed by atoms with E-state index in [0.29, 0.717) is 11.8 Å². The maximum atomic E-state index is 13.3. The van der Waals surface area contributed by atoms with Gasteiger partial charge in [-0.25, -0.2) is 4.39 Å². The molecule has 0 radical (unpaired) electrons. The zero-order valence-electron chi connectivity index (χ0n) is 13.6. The topological polar surface area (TPSA) is 9.23 Å². The number of aryl methyl sites for hydroxylation is 1. The van der Waals surface area contributed by atoms with Crippen LogP contribution in [-0.2, 0) is 6.42 Å². The predicted molar refractivity (Wildman–Crippen MR) is 86.8 cm³/mol. The quantitative estimate of drug-likeness (QED) is 0.674. The molecule has 0 saturated heterocycles. The predicted octanol–water partition coefficient (Wildman–Crippen LogP) is 5.40. The Bertz CT molecular complexity index is 620. The van der Waals surface area contributed by atoms with Gasteiger partial charge in [0.15, 0.2) is 0 Å². The highest BCUT2D eigenvalue weighted by Crippen LogP contribution is 2.62. The first-order chi connectivity index (χ1) is 10.7. The van der Waals surface area contributed by atoms with E-state index in [1.54, 1.807) is 7.11 Å². The Morgan fingerprint density at radius 3 is 2.86 bits per heavy atom. The average Bonchev–Trinajstić information content (AvgIpc) is 2.90. The zero-order chi connectivity index (χ0) is 15.3. The van der Waals surface area contributed by atoms with Crippen molar-refractivity contribution in [2.75, 3.05) is 7.11 Å². The molecule has 4 rings (SSSR count). The lowest BCUT2D eigenvalue weighted by Crippen LogP contribution is -2.40. The molecule has 0 heterocycles. The average molecular weight is 300 g/mol. The van der Waals surface area contributed by atoms with Crippen LogP contribution in [0, 0.1) is 17.3 Å². The number of ether oxygens (including phenoxy) is 1. The number of hydrogen-bond acceptors (Lipinski definition) is 1. The standard InChI is InChI=1S/C20H25FO/c1-20-10-9-17-16-7-5-15(22-2)11-13(16)3-6-18(17)19(20)8-4-14(20)12-21/h5,7,11-12,17-19H,3-4,6,8-10H2,1-2H3/t17-,18-,19+,20-/m1/s1. The molecule has 3 aliphatic rings. The van der Waals surface area contributed by atoms with Gasteiger partial charge in [0.2, 0.25) is 0 Å². The van der Waals surface area contributed by atoms with Crippen molar-refractivity contribution in [3.05, 3.63) is 41.2 Å². The molecule has 0 aliphatic heterocycles. The fourth-order valence-electron chi connectivity index (χ4n) is 5.71. The first-order valence-electron chi connectivity index (χ1n) is 8.64. The van der Waals surface area contributed by atoms with Crippen molar-refractivity contribution in [2.45, 2.75) is 51.4 Å². The highest BCUT2D eigenvalue weighted by Gasteiger charge is 2.52. The van der Waals surface area contributed by atoms with Crippen LogP contribution in [-0.4, -0.2) is 7.11 Å². The molecule has 2 heteroatoms. The lowest BCUT2D eigenvalue weighted by atomic mass is 9.55. The van der Waals surface area contributed by atoms with Gasteiger partial charge in [-0.1, -0.05) is 13.0 Å². The summed E-state index contributed by atoms with van der Waals surface area (Å²) in [6.45, 7) is 2.32. The Hall–Kier alpha value is -1.31. The van der Waals surface area contributed by atoms with E-state index >= 15 is 0 Å². The summed E-state index contributed by atoms with van der Waals surface area (Å²) >= 11 is 0. The van der Waals surface area contributed by atoms with Crippen LogP contribution >= 0.6 is 0 Å². The van der Waals surface area contributed by atoms with Crippen LogP contribution in [0.3, 0.4) is 0 Å². The van der Waals surface area contributed by atoms with E-state index in [2.05, 4.69) is 25.1 Å². The second-order valence-electron chi connectivity index (χ2n) is 7.61. The number of benzene rings is 1. The van der Waals surface area contributed by atoms with Gasteiger partial charge in [0, 0.05) is 0 Å². The zero-order valence-corrected chi connectivity index (χ0v) is 13.6. The van der Waals surface area contributed by atoms with Gasteiger partial charge >= 0.3 is 0 Å². The summed E-state index contributed by atoms with van der Waals surface area (Å²) in [7, 11) is 1.74.